The Balaban J connectivity index is 1.79. The summed E-state index contributed by atoms with van der Waals surface area (Å²) in [6.45, 7) is 0. The van der Waals surface area contributed by atoms with Crippen molar-refractivity contribution in [3.05, 3.63) is 59.9 Å². The molecule has 25 heavy (non-hydrogen) atoms. The Bertz CT molecular complexity index is 890. The number of rotatable bonds is 4. The third-order valence-electron chi connectivity index (χ3n) is 3.59. The van der Waals surface area contributed by atoms with Gasteiger partial charge in [-0.05, 0) is 36.4 Å². The van der Waals surface area contributed by atoms with Crippen LogP contribution in [0.15, 0.2) is 48.8 Å². The van der Waals surface area contributed by atoms with Crippen LogP contribution in [0.5, 0.6) is 0 Å². The summed E-state index contributed by atoms with van der Waals surface area (Å²) in [7, 11) is 2.90. The summed E-state index contributed by atoms with van der Waals surface area (Å²) in [4.78, 5) is 33.6. The van der Waals surface area contributed by atoms with Crippen LogP contribution in [0.3, 0.4) is 0 Å². The lowest BCUT2D eigenvalue weighted by Crippen LogP contribution is -2.27. The SMILES string of the molecule is COC(=O)c1ccc(C(=O)N(C)c2nc(-c3ccncc3)n[nH]2)cc1. The van der Waals surface area contributed by atoms with Crippen LogP contribution in [0, 0.1) is 0 Å². The van der Waals surface area contributed by atoms with E-state index in [0.29, 0.717) is 22.9 Å². The van der Waals surface area contributed by atoms with E-state index in [-0.39, 0.29) is 5.91 Å². The summed E-state index contributed by atoms with van der Waals surface area (Å²) in [5.74, 6) is 0.0466. The van der Waals surface area contributed by atoms with Crippen molar-refractivity contribution in [1.29, 1.82) is 0 Å². The third kappa shape index (κ3) is 3.37. The number of methoxy groups -OCH3 is 1. The summed E-state index contributed by atoms with van der Waals surface area (Å²) in [5, 5.41) is 6.86. The number of aromatic nitrogens is 4. The molecule has 2 heterocycles. The van der Waals surface area contributed by atoms with Gasteiger partial charge < -0.3 is 4.74 Å². The van der Waals surface area contributed by atoms with E-state index in [1.54, 1.807) is 43.7 Å². The van der Waals surface area contributed by atoms with Crippen LogP contribution >= 0.6 is 0 Å². The molecule has 8 heteroatoms. The molecule has 1 aromatic carbocycles. The Morgan fingerprint density at radius 3 is 2.32 bits per heavy atom. The molecule has 3 rings (SSSR count). The molecule has 0 aliphatic heterocycles. The molecule has 0 aliphatic rings. The van der Waals surface area contributed by atoms with Crippen LogP contribution in [0.1, 0.15) is 20.7 Å². The van der Waals surface area contributed by atoms with E-state index in [0.717, 1.165) is 5.56 Å². The van der Waals surface area contributed by atoms with Crippen LogP contribution < -0.4 is 4.90 Å². The number of carbonyl (C=O) groups excluding carboxylic acids is 2. The smallest absolute Gasteiger partial charge is 0.337 e. The highest BCUT2D eigenvalue weighted by molar-refractivity contribution is 6.05. The number of esters is 1. The van der Waals surface area contributed by atoms with Crippen LogP contribution in [-0.2, 0) is 4.74 Å². The van der Waals surface area contributed by atoms with Gasteiger partial charge in [0.25, 0.3) is 5.91 Å². The van der Waals surface area contributed by atoms with Crippen LogP contribution in [0.4, 0.5) is 5.95 Å². The first-order valence-electron chi connectivity index (χ1n) is 7.39. The van der Waals surface area contributed by atoms with E-state index in [4.69, 9.17) is 0 Å². The van der Waals surface area contributed by atoms with E-state index in [2.05, 4.69) is 24.9 Å². The van der Waals surface area contributed by atoms with Gasteiger partial charge in [-0.2, -0.15) is 10.1 Å². The van der Waals surface area contributed by atoms with Crippen molar-refractivity contribution in [1.82, 2.24) is 20.2 Å². The maximum Gasteiger partial charge on any atom is 0.337 e. The Morgan fingerprint density at radius 2 is 1.68 bits per heavy atom. The third-order valence-corrected chi connectivity index (χ3v) is 3.59. The molecule has 1 N–H and O–H groups in total. The van der Waals surface area contributed by atoms with Gasteiger partial charge in [0.2, 0.25) is 5.95 Å². The van der Waals surface area contributed by atoms with E-state index < -0.39 is 5.97 Å². The minimum Gasteiger partial charge on any atom is -0.465 e. The molecule has 8 nitrogen and oxygen atoms in total. The molecule has 0 bridgehead atoms. The molecule has 0 aliphatic carbocycles. The molecule has 0 unspecified atom stereocenters. The van der Waals surface area contributed by atoms with Crippen molar-refractivity contribution in [2.24, 2.45) is 0 Å². The number of H-pyrrole nitrogens is 1. The minimum atomic E-state index is -0.454. The summed E-state index contributed by atoms with van der Waals surface area (Å²) < 4.78 is 4.64. The van der Waals surface area contributed by atoms with E-state index in [9.17, 15) is 9.59 Å². The van der Waals surface area contributed by atoms with Crippen LogP contribution in [-0.4, -0.2) is 46.2 Å². The first kappa shape index (κ1) is 16.3. The number of anilines is 1. The molecule has 126 valence electrons. The molecule has 0 saturated heterocycles. The molecule has 0 spiro atoms. The number of hydrogen-bond donors (Lipinski definition) is 1. The normalized spacial score (nSPS) is 10.3. The van der Waals surface area contributed by atoms with Crippen molar-refractivity contribution in [3.8, 4) is 11.4 Å². The molecule has 0 fully saturated rings. The number of nitrogens with zero attached hydrogens (tertiary/aromatic N) is 4. The lowest BCUT2D eigenvalue weighted by Gasteiger charge is -2.13. The summed E-state index contributed by atoms with van der Waals surface area (Å²) in [5.41, 5.74) is 1.58. The average Bonchev–Trinajstić information content (AvgIpc) is 3.17. The maximum atomic E-state index is 12.6. The minimum absolute atomic E-state index is 0.283. The summed E-state index contributed by atoms with van der Waals surface area (Å²) >= 11 is 0. The second-order valence-corrected chi connectivity index (χ2v) is 5.15. The van der Waals surface area contributed by atoms with Crippen molar-refractivity contribution in [3.63, 3.8) is 0 Å². The van der Waals surface area contributed by atoms with Crippen LogP contribution in [0.2, 0.25) is 0 Å². The highest BCUT2D eigenvalue weighted by Crippen LogP contribution is 2.17. The number of pyridine rings is 1. The molecule has 3 aromatic rings. The molecule has 0 saturated carbocycles. The summed E-state index contributed by atoms with van der Waals surface area (Å²) in [6, 6.07) is 9.75. The number of aromatic amines is 1. The van der Waals surface area contributed by atoms with Crippen molar-refractivity contribution >= 4 is 17.8 Å². The predicted molar refractivity (Wildman–Crippen MR) is 90.1 cm³/mol. The Morgan fingerprint density at radius 1 is 1.04 bits per heavy atom. The fourth-order valence-corrected chi connectivity index (χ4v) is 2.19. The number of hydrogen-bond acceptors (Lipinski definition) is 6. The number of amides is 1. The molecule has 1 amide bonds. The first-order chi connectivity index (χ1) is 12.1. The maximum absolute atomic E-state index is 12.6. The van der Waals surface area contributed by atoms with Crippen molar-refractivity contribution < 1.29 is 14.3 Å². The van der Waals surface area contributed by atoms with E-state index in [1.165, 1.54) is 24.1 Å². The predicted octanol–water partition coefficient (Wildman–Crippen LogP) is 1.93. The van der Waals surface area contributed by atoms with E-state index in [1.807, 2.05) is 0 Å². The monoisotopic (exact) mass is 337 g/mol. The largest absolute Gasteiger partial charge is 0.465 e. The zero-order chi connectivity index (χ0) is 17.8. The molecule has 0 atom stereocenters. The Hall–Kier alpha value is -3.55. The number of carbonyl (C=O) groups is 2. The first-order valence-corrected chi connectivity index (χ1v) is 7.39. The standard InChI is InChI=1S/C17H15N5O3/c1-22(15(23)12-3-5-13(6-4-12)16(24)25-2)17-19-14(20-21-17)11-7-9-18-10-8-11/h3-10H,1-2H3,(H,19,20,21). The lowest BCUT2D eigenvalue weighted by molar-refractivity contribution is 0.0600. The van der Waals surface area contributed by atoms with Gasteiger partial charge in [-0.1, -0.05) is 0 Å². The number of ether oxygens (including phenoxy) is 1. The Labute approximate surface area is 143 Å². The average molecular weight is 337 g/mol. The van der Waals surface area contributed by atoms with Gasteiger partial charge in [0.1, 0.15) is 0 Å². The van der Waals surface area contributed by atoms with Gasteiger partial charge in [-0.3, -0.25) is 14.7 Å². The Kier molecular flexibility index (Phi) is 4.51. The second kappa shape index (κ2) is 6.91. The van der Waals surface area contributed by atoms with Crippen molar-refractivity contribution in [2.45, 2.75) is 0 Å². The number of benzene rings is 1. The highest BCUT2D eigenvalue weighted by Gasteiger charge is 2.18. The zero-order valence-electron chi connectivity index (χ0n) is 13.6. The highest BCUT2D eigenvalue weighted by atomic mass is 16.5. The van der Waals surface area contributed by atoms with Gasteiger partial charge >= 0.3 is 5.97 Å². The van der Waals surface area contributed by atoms with Gasteiger partial charge in [-0.15, -0.1) is 0 Å². The molecule has 2 aromatic heterocycles. The number of nitrogens with one attached hydrogen (secondary N) is 1. The topological polar surface area (TPSA) is 101 Å². The van der Waals surface area contributed by atoms with Gasteiger partial charge in [-0.25, -0.2) is 9.89 Å². The second-order valence-electron chi connectivity index (χ2n) is 5.15. The van der Waals surface area contributed by atoms with Gasteiger partial charge in [0.05, 0.1) is 12.7 Å². The quantitative estimate of drug-likeness (QED) is 0.730. The van der Waals surface area contributed by atoms with Gasteiger partial charge in [0, 0.05) is 30.6 Å². The fraction of sp³-hybridized carbons (Fsp3) is 0.118. The van der Waals surface area contributed by atoms with Crippen LogP contribution in [0.25, 0.3) is 11.4 Å². The van der Waals surface area contributed by atoms with Crippen molar-refractivity contribution in [2.75, 3.05) is 19.1 Å². The lowest BCUT2D eigenvalue weighted by atomic mass is 10.1. The fourth-order valence-electron chi connectivity index (χ4n) is 2.19. The molecular weight excluding hydrogens is 322 g/mol. The molecular formula is C17H15N5O3. The van der Waals surface area contributed by atoms with Gasteiger partial charge in [0.15, 0.2) is 5.82 Å². The van der Waals surface area contributed by atoms with E-state index >= 15 is 0 Å². The summed E-state index contributed by atoms with van der Waals surface area (Å²) in [6.07, 6.45) is 3.28. The zero-order valence-corrected chi connectivity index (χ0v) is 13.6. The molecule has 0 radical (unpaired) electrons.